The number of nitrogens with one attached hydrogen (secondary N) is 3. The Bertz CT molecular complexity index is 413. The maximum Gasteiger partial charge on any atom is 0.290 e. The molecular formula is C16H25N3O2. The molecule has 4 aliphatic carbocycles. The highest BCUT2D eigenvalue weighted by atomic mass is 16.5. The molecule has 4 aliphatic rings. The predicted molar refractivity (Wildman–Crippen MR) is 79.2 cm³/mol. The molecule has 0 aromatic carbocycles. The van der Waals surface area contributed by atoms with Crippen molar-refractivity contribution in [3.8, 4) is 0 Å². The van der Waals surface area contributed by atoms with Gasteiger partial charge >= 0.3 is 0 Å². The van der Waals surface area contributed by atoms with E-state index < -0.39 is 0 Å². The van der Waals surface area contributed by atoms with Crippen molar-refractivity contribution in [2.24, 2.45) is 23.7 Å². The van der Waals surface area contributed by atoms with Gasteiger partial charge < -0.3 is 9.47 Å². The van der Waals surface area contributed by atoms with Gasteiger partial charge in [-0.25, -0.2) is 0 Å². The molecule has 0 radical (unpaired) electrons. The molecule has 0 spiro atoms. The fraction of sp³-hybridized carbons (Fsp3) is 0.875. The van der Waals surface area contributed by atoms with E-state index in [1.165, 1.54) is 38.5 Å². The van der Waals surface area contributed by atoms with E-state index in [-0.39, 0.29) is 24.3 Å². The van der Waals surface area contributed by atoms with Crippen molar-refractivity contribution in [2.75, 3.05) is 0 Å². The van der Waals surface area contributed by atoms with Gasteiger partial charge in [0.2, 0.25) is 0 Å². The minimum atomic E-state index is -0.0132. The van der Waals surface area contributed by atoms with Gasteiger partial charge in [0.25, 0.3) is 12.0 Å². The molecule has 0 amide bonds. The first-order valence-corrected chi connectivity index (χ1v) is 8.45. The van der Waals surface area contributed by atoms with E-state index in [2.05, 4.69) is 5.32 Å². The Hall–Kier alpha value is -1.26. The number of fused-ring (bicyclic) bond motifs is 4. The average molecular weight is 291 g/mol. The van der Waals surface area contributed by atoms with Crippen molar-refractivity contribution < 1.29 is 9.47 Å². The first-order valence-electron chi connectivity index (χ1n) is 8.45. The van der Waals surface area contributed by atoms with Crippen LogP contribution < -0.4 is 5.32 Å². The lowest BCUT2D eigenvalue weighted by atomic mass is 9.98. The third-order valence-electron chi connectivity index (χ3n) is 6.11. The van der Waals surface area contributed by atoms with Crippen LogP contribution in [0.3, 0.4) is 0 Å². The van der Waals surface area contributed by atoms with E-state index in [4.69, 9.17) is 20.3 Å². The summed E-state index contributed by atoms with van der Waals surface area (Å²) in [6, 6.07) is -0.0265. The molecule has 5 nitrogen and oxygen atoms in total. The molecule has 6 atom stereocenters. The zero-order chi connectivity index (χ0) is 14.4. The second-order valence-corrected chi connectivity index (χ2v) is 7.45. The highest BCUT2D eigenvalue weighted by Crippen LogP contribution is 2.46. The lowest BCUT2D eigenvalue weighted by Crippen LogP contribution is -2.39. The van der Waals surface area contributed by atoms with Crippen molar-refractivity contribution >= 4 is 12.0 Å². The molecule has 21 heavy (non-hydrogen) atoms. The number of hydrogen-bond donors (Lipinski definition) is 3. The standard InChI is InChI=1S/C16H25N3O2/c17-15(20-13-7-9-1-3-11(13)5-9)19-16(18)21-14-8-10-2-4-12(14)6-10/h9-14H,1-8H2,(H3,17,18,19). The molecule has 5 heteroatoms. The van der Waals surface area contributed by atoms with Crippen LogP contribution in [0, 0.1) is 34.5 Å². The van der Waals surface area contributed by atoms with Gasteiger partial charge in [0.05, 0.1) is 0 Å². The molecule has 0 saturated heterocycles. The Kier molecular flexibility index (Phi) is 3.31. The monoisotopic (exact) mass is 291 g/mol. The molecular weight excluding hydrogens is 266 g/mol. The van der Waals surface area contributed by atoms with Crippen LogP contribution in [0.5, 0.6) is 0 Å². The number of ether oxygens (including phenoxy) is 2. The second-order valence-electron chi connectivity index (χ2n) is 7.45. The lowest BCUT2D eigenvalue weighted by Gasteiger charge is -2.25. The van der Waals surface area contributed by atoms with Gasteiger partial charge in [0.15, 0.2) is 0 Å². The van der Waals surface area contributed by atoms with Crippen molar-refractivity contribution in [1.82, 2.24) is 5.32 Å². The third kappa shape index (κ3) is 2.62. The van der Waals surface area contributed by atoms with Gasteiger partial charge in [0, 0.05) is 0 Å². The second kappa shape index (κ2) is 5.18. The zero-order valence-corrected chi connectivity index (χ0v) is 12.4. The van der Waals surface area contributed by atoms with E-state index >= 15 is 0 Å². The highest BCUT2D eigenvalue weighted by Gasteiger charge is 2.42. The van der Waals surface area contributed by atoms with Crippen molar-refractivity contribution in [3.05, 3.63) is 0 Å². The van der Waals surface area contributed by atoms with Gasteiger partial charge in [-0.3, -0.25) is 16.1 Å². The Labute approximate surface area is 125 Å². The lowest BCUT2D eigenvalue weighted by molar-refractivity contribution is 0.107. The first kappa shape index (κ1) is 13.4. The number of hydrogen-bond acceptors (Lipinski definition) is 4. The Morgan fingerprint density at radius 3 is 1.52 bits per heavy atom. The maximum absolute atomic E-state index is 7.89. The van der Waals surface area contributed by atoms with Crippen LogP contribution >= 0.6 is 0 Å². The van der Waals surface area contributed by atoms with E-state index in [9.17, 15) is 0 Å². The highest BCUT2D eigenvalue weighted by molar-refractivity contribution is 5.90. The summed E-state index contributed by atoms with van der Waals surface area (Å²) in [4.78, 5) is 0. The molecule has 6 unspecified atom stereocenters. The number of rotatable bonds is 2. The van der Waals surface area contributed by atoms with Crippen LogP contribution in [-0.2, 0) is 9.47 Å². The minimum absolute atomic E-state index is 0.0132. The third-order valence-corrected chi connectivity index (χ3v) is 6.11. The van der Waals surface area contributed by atoms with Crippen LogP contribution in [0.4, 0.5) is 0 Å². The molecule has 0 heterocycles. The summed E-state index contributed by atoms with van der Waals surface area (Å²) in [5.74, 6) is 2.85. The van der Waals surface area contributed by atoms with Crippen LogP contribution in [0.25, 0.3) is 0 Å². The van der Waals surface area contributed by atoms with E-state index in [1.54, 1.807) is 0 Å². The normalized spacial score (nSPS) is 43.0. The molecule has 0 aromatic heterocycles. The molecule has 116 valence electrons. The van der Waals surface area contributed by atoms with Crippen molar-refractivity contribution in [2.45, 2.75) is 63.6 Å². The van der Waals surface area contributed by atoms with Crippen LogP contribution in [0.1, 0.15) is 51.4 Å². The van der Waals surface area contributed by atoms with Gasteiger partial charge in [-0.1, -0.05) is 0 Å². The fourth-order valence-electron chi connectivity index (χ4n) is 5.13. The van der Waals surface area contributed by atoms with Gasteiger partial charge in [0.1, 0.15) is 12.2 Å². The fourth-order valence-corrected chi connectivity index (χ4v) is 5.13. The molecule has 4 saturated carbocycles. The molecule has 3 N–H and O–H groups in total. The molecule has 0 aliphatic heterocycles. The summed E-state index contributed by atoms with van der Waals surface area (Å²) < 4.78 is 11.4. The zero-order valence-electron chi connectivity index (χ0n) is 12.4. The summed E-state index contributed by atoms with van der Waals surface area (Å²) in [6.07, 6.45) is 10.2. The summed E-state index contributed by atoms with van der Waals surface area (Å²) >= 11 is 0. The Morgan fingerprint density at radius 2 is 1.19 bits per heavy atom. The van der Waals surface area contributed by atoms with Crippen LogP contribution in [-0.4, -0.2) is 24.3 Å². The minimum Gasteiger partial charge on any atom is -0.462 e. The summed E-state index contributed by atoms with van der Waals surface area (Å²) in [5, 5.41) is 18.5. The van der Waals surface area contributed by atoms with E-state index in [0.29, 0.717) is 11.8 Å². The average Bonchev–Trinajstić information content (AvgIpc) is 3.18. The van der Waals surface area contributed by atoms with Gasteiger partial charge in [-0.2, -0.15) is 0 Å². The first-order chi connectivity index (χ1) is 10.2. The van der Waals surface area contributed by atoms with E-state index in [0.717, 1.165) is 24.7 Å². The summed E-state index contributed by atoms with van der Waals surface area (Å²) in [7, 11) is 0. The largest absolute Gasteiger partial charge is 0.462 e. The van der Waals surface area contributed by atoms with Gasteiger partial charge in [-0.05, 0) is 75.0 Å². The smallest absolute Gasteiger partial charge is 0.290 e. The molecule has 4 bridgehead atoms. The summed E-state index contributed by atoms with van der Waals surface area (Å²) in [5.41, 5.74) is 0. The quantitative estimate of drug-likeness (QED) is 0.541. The Morgan fingerprint density at radius 1 is 0.714 bits per heavy atom. The van der Waals surface area contributed by atoms with Crippen LogP contribution in [0.2, 0.25) is 0 Å². The SMILES string of the molecule is N=C(NC(=N)OC1CC2CCC1C2)OC1CC2CCC1C2. The van der Waals surface area contributed by atoms with Crippen LogP contribution in [0.15, 0.2) is 0 Å². The van der Waals surface area contributed by atoms with Crippen molar-refractivity contribution in [3.63, 3.8) is 0 Å². The Balaban J connectivity index is 1.22. The topological polar surface area (TPSA) is 78.2 Å². The van der Waals surface area contributed by atoms with Crippen molar-refractivity contribution in [1.29, 1.82) is 10.8 Å². The molecule has 4 rings (SSSR count). The predicted octanol–water partition coefficient (Wildman–Crippen LogP) is 2.86. The molecule has 0 aromatic rings. The van der Waals surface area contributed by atoms with Gasteiger partial charge in [-0.15, -0.1) is 0 Å². The summed E-state index contributed by atoms with van der Waals surface area (Å²) in [6.45, 7) is 0. The maximum atomic E-state index is 7.89. The van der Waals surface area contributed by atoms with E-state index in [1.807, 2.05) is 0 Å². The number of amidine groups is 2. The molecule has 4 fully saturated rings.